The van der Waals surface area contributed by atoms with Crippen molar-refractivity contribution < 1.29 is 13.2 Å². The summed E-state index contributed by atoms with van der Waals surface area (Å²) in [6.07, 6.45) is -2.04. The summed E-state index contributed by atoms with van der Waals surface area (Å²) in [5, 5.41) is 0.326. The summed E-state index contributed by atoms with van der Waals surface area (Å²) in [4.78, 5) is 3.75. The molecule has 102 valence electrons. The van der Waals surface area contributed by atoms with Crippen molar-refractivity contribution in [1.82, 2.24) is 10.4 Å². The Morgan fingerprint density at radius 3 is 2.61 bits per heavy atom. The van der Waals surface area contributed by atoms with Gasteiger partial charge in [0.25, 0.3) is 0 Å². The zero-order chi connectivity index (χ0) is 13.8. The second-order valence-electron chi connectivity index (χ2n) is 4.06. The van der Waals surface area contributed by atoms with Crippen molar-refractivity contribution in [1.29, 1.82) is 0 Å². The van der Waals surface area contributed by atoms with Gasteiger partial charge < -0.3 is 0 Å². The smallest absolute Gasteiger partial charge is 0.271 e. The lowest BCUT2D eigenvalue weighted by molar-refractivity contribution is -0.138. The highest BCUT2D eigenvalue weighted by Gasteiger charge is 2.35. The van der Waals surface area contributed by atoms with Crippen molar-refractivity contribution >= 4 is 11.8 Å². The highest BCUT2D eigenvalue weighted by Crippen LogP contribution is 2.34. The fourth-order valence-electron chi connectivity index (χ4n) is 1.46. The molecule has 1 heterocycles. The maximum atomic E-state index is 12.8. The molecule has 0 bridgehead atoms. The normalized spacial score (nSPS) is 13.9. The lowest BCUT2D eigenvalue weighted by Gasteiger charge is -2.21. The maximum Gasteiger partial charge on any atom is 0.416 e. The van der Waals surface area contributed by atoms with Crippen LogP contribution in [0.3, 0.4) is 0 Å². The van der Waals surface area contributed by atoms with Crippen LogP contribution in [0.5, 0.6) is 0 Å². The van der Waals surface area contributed by atoms with Gasteiger partial charge in [0.05, 0.1) is 11.6 Å². The third kappa shape index (κ3) is 4.15. The Morgan fingerprint density at radius 2 is 2.11 bits per heavy atom. The lowest BCUT2D eigenvalue weighted by Crippen LogP contribution is -2.32. The van der Waals surface area contributed by atoms with Gasteiger partial charge in [0.15, 0.2) is 0 Å². The van der Waals surface area contributed by atoms with Crippen molar-refractivity contribution in [3.8, 4) is 0 Å². The second-order valence-corrected chi connectivity index (χ2v) is 5.67. The standard InChI is InChI=1S/C11H16F3N3S/c1-7(2)18-6-10(17-15)8-5-16-4-3-9(8)11(12,13)14/h3-5,7,10,17H,6,15H2,1-2H3. The molecular formula is C11H16F3N3S. The first-order valence-corrected chi connectivity index (χ1v) is 6.50. The Morgan fingerprint density at radius 1 is 1.44 bits per heavy atom. The molecule has 0 aromatic carbocycles. The van der Waals surface area contributed by atoms with E-state index in [1.807, 2.05) is 13.8 Å². The minimum Gasteiger partial charge on any atom is -0.271 e. The average molecular weight is 279 g/mol. The molecule has 0 spiro atoms. The molecule has 0 radical (unpaired) electrons. The molecule has 18 heavy (non-hydrogen) atoms. The summed E-state index contributed by atoms with van der Waals surface area (Å²) in [6.45, 7) is 3.96. The summed E-state index contributed by atoms with van der Waals surface area (Å²) >= 11 is 1.54. The predicted molar refractivity (Wildman–Crippen MR) is 66.9 cm³/mol. The average Bonchev–Trinajstić information content (AvgIpc) is 2.29. The van der Waals surface area contributed by atoms with E-state index in [1.54, 1.807) is 11.8 Å². The van der Waals surface area contributed by atoms with E-state index in [2.05, 4.69) is 10.4 Å². The molecule has 0 aliphatic carbocycles. The summed E-state index contributed by atoms with van der Waals surface area (Å²) in [5.41, 5.74) is 1.82. The Balaban J connectivity index is 2.98. The fourth-order valence-corrected chi connectivity index (χ4v) is 2.31. The molecule has 0 saturated carbocycles. The Hall–Kier alpha value is -0.790. The number of aromatic nitrogens is 1. The molecule has 0 amide bonds. The van der Waals surface area contributed by atoms with Crippen LogP contribution in [0.4, 0.5) is 13.2 Å². The zero-order valence-corrected chi connectivity index (χ0v) is 11.0. The molecule has 1 aromatic rings. The number of hydrogen-bond acceptors (Lipinski definition) is 4. The van der Waals surface area contributed by atoms with Crippen LogP contribution in [-0.2, 0) is 6.18 Å². The number of nitrogens with one attached hydrogen (secondary N) is 1. The number of nitrogens with two attached hydrogens (primary N) is 1. The summed E-state index contributed by atoms with van der Waals surface area (Å²) in [5.74, 6) is 5.81. The van der Waals surface area contributed by atoms with Gasteiger partial charge in [-0.05, 0) is 11.3 Å². The van der Waals surface area contributed by atoms with Gasteiger partial charge in [-0.2, -0.15) is 24.9 Å². The Labute approximate surface area is 108 Å². The predicted octanol–water partition coefficient (Wildman–Crippen LogP) is 2.75. The van der Waals surface area contributed by atoms with E-state index in [0.29, 0.717) is 11.0 Å². The second kappa shape index (κ2) is 6.40. The zero-order valence-electron chi connectivity index (χ0n) is 10.2. The van der Waals surface area contributed by atoms with Crippen molar-refractivity contribution in [3.05, 3.63) is 29.6 Å². The van der Waals surface area contributed by atoms with Crippen LogP contribution < -0.4 is 11.3 Å². The number of pyridine rings is 1. The number of alkyl halides is 3. The minimum absolute atomic E-state index is 0.0839. The topological polar surface area (TPSA) is 50.9 Å². The van der Waals surface area contributed by atoms with Gasteiger partial charge in [0.2, 0.25) is 0 Å². The number of halogens is 3. The fraction of sp³-hybridized carbons (Fsp3) is 0.545. The van der Waals surface area contributed by atoms with Gasteiger partial charge in [-0.1, -0.05) is 13.8 Å². The van der Waals surface area contributed by atoms with Crippen molar-refractivity contribution in [3.63, 3.8) is 0 Å². The molecule has 1 atom stereocenters. The van der Waals surface area contributed by atoms with Gasteiger partial charge in [-0.25, -0.2) is 0 Å². The van der Waals surface area contributed by atoms with Crippen LogP contribution in [0.15, 0.2) is 18.5 Å². The number of thioether (sulfide) groups is 1. The summed E-state index contributed by atoms with van der Waals surface area (Å²) in [7, 11) is 0. The molecule has 0 saturated heterocycles. The summed E-state index contributed by atoms with van der Waals surface area (Å²) in [6, 6.07) is 0.405. The van der Waals surface area contributed by atoms with Crippen molar-refractivity contribution in [2.45, 2.75) is 31.3 Å². The Bertz CT molecular complexity index is 382. The van der Waals surface area contributed by atoms with Crippen molar-refractivity contribution in [2.75, 3.05) is 5.75 Å². The highest BCUT2D eigenvalue weighted by molar-refractivity contribution is 7.99. The van der Waals surface area contributed by atoms with Gasteiger partial charge >= 0.3 is 6.18 Å². The molecule has 3 nitrogen and oxygen atoms in total. The van der Waals surface area contributed by atoms with Crippen LogP contribution in [0, 0.1) is 0 Å². The highest BCUT2D eigenvalue weighted by atomic mass is 32.2. The molecule has 1 aromatic heterocycles. The van der Waals surface area contributed by atoms with E-state index in [1.165, 1.54) is 6.20 Å². The van der Waals surface area contributed by atoms with E-state index in [4.69, 9.17) is 5.84 Å². The largest absolute Gasteiger partial charge is 0.416 e. The van der Waals surface area contributed by atoms with Gasteiger partial charge in [0, 0.05) is 23.7 Å². The third-order valence-corrected chi connectivity index (χ3v) is 3.52. The SMILES string of the molecule is CC(C)SCC(NN)c1cnccc1C(F)(F)F. The number of rotatable bonds is 5. The first-order chi connectivity index (χ1) is 8.36. The first-order valence-electron chi connectivity index (χ1n) is 5.45. The van der Waals surface area contributed by atoms with Crippen molar-refractivity contribution in [2.24, 2.45) is 5.84 Å². The van der Waals surface area contributed by atoms with E-state index in [-0.39, 0.29) is 5.56 Å². The van der Waals surface area contributed by atoms with Gasteiger partial charge in [0.1, 0.15) is 0 Å². The van der Waals surface area contributed by atoms with E-state index < -0.39 is 17.8 Å². The van der Waals surface area contributed by atoms with Crippen LogP contribution in [0.2, 0.25) is 0 Å². The molecule has 0 aliphatic rings. The third-order valence-electron chi connectivity index (χ3n) is 2.33. The number of hydrazine groups is 1. The minimum atomic E-state index is -4.39. The maximum absolute atomic E-state index is 12.8. The lowest BCUT2D eigenvalue weighted by atomic mass is 10.0. The molecule has 0 aliphatic heterocycles. The van der Waals surface area contributed by atoms with Crippen LogP contribution in [-0.4, -0.2) is 16.0 Å². The van der Waals surface area contributed by atoms with E-state index in [0.717, 1.165) is 12.3 Å². The quantitative estimate of drug-likeness (QED) is 0.643. The van der Waals surface area contributed by atoms with Crippen LogP contribution in [0.1, 0.15) is 31.0 Å². The van der Waals surface area contributed by atoms with E-state index in [9.17, 15) is 13.2 Å². The monoisotopic (exact) mass is 279 g/mol. The number of hydrogen-bond donors (Lipinski definition) is 2. The molecule has 3 N–H and O–H groups in total. The molecule has 0 fully saturated rings. The van der Waals surface area contributed by atoms with Crippen LogP contribution >= 0.6 is 11.8 Å². The number of nitrogens with zero attached hydrogens (tertiary/aromatic N) is 1. The van der Waals surface area contributed by atoms with Gasteiger partial charge in [-0.15, -0.1) is 0 Å². The molecule has 1 rings (SSSR count). The molecule has 1 unspecified atom stereocenters. The van der Waals surface area contributed by atoms with Gasteiger partial charge in [-0.3, -0.25) is 16.3 Å². The Kier molecular flexibility index (Phi) is 5.43. The molecule has 7 heteroatoms. The summed E-state index contributed by atoms with van der Waals surface area (Å²) < 4.78 is 38.5. The molecular weight excluding hydrogens is 263 g/mol. The van der Waals surface area contributed by atoms with Crippen LogP contribution in [0.25, 0.3) is 0 Å². The first kappa shape index (κ1) is 15.3. The van der Waals surface area contributed by atoms with E-state index >= 15 is 0 Å².